The lowest BCUT2D eigenvalue weighted by Crippen LogP contribution is -2.58. The Morgan fingerprint density at radius 2 is 1.25 bits per heavy atom. The predicted molar refractivity (Wildman–Crippen MR) is 70.9 cm³/mol. The van der Waals surface area contributed by atoms with Gasteiger partial charge >= 0.3 is 8.08 Å². The predicted octanol–water partition coefficient (Wildman–Crippen LogP) is -0.689. The third kappa shape index (κ3) is 2.67. The Morgan fingerprint density at radius 1 is 0.750 bits per heavy atom. The molecule has 0 amide bonds. The second-order valence-corrected chi connectivity index (χ2v) is 11.2. The molecule has 0 aliphatic rings. The first-order chi connectivity index (χ1) is 7.68. The molecule has 0 fully saturated rings. The van der Waals surface area contributed by atoms with Crippen molar-refractivity contribution in [3.05, 3.63) is 60.7 Å². The van der Waals surface area contributed by atoms with E-state index in [1.165, 1.54) is 0 Å². The van der Waals surface area contributed by atoms with E-state index in [1.807, 2.05) is 60.7 Å². The van der Waals surface area contributed by atoms with E-state index in [-0.39, 0.29) is 0 Å². The molecule has 0 atom stereocenters. The van der Waals surface area contributed by atoms with E-state index in [0.29, 0.717) is 5.19 Å². The Bertz CT molecular complexity index is 443. The molecule has 2 aromatic rings. The van der Waals surface area contributed by atoms with Crippen molar-refractivity contribution in [2.45, 2.75) is 0 Å². The average Bonchev–Trinajstić information content (AvgIpc) is 2.31. The highest BCUT2D eigenvalue weighted by atomic mass is 29.2. The van der Waals surface area contributed by atoms with Crippen LogP contribution in [0.1, 0.15) is 0 Å². The van der Waals surface area contributed by atoms with Gasteiger partial charge in [-0.1, -0.05) is 65.9 Å². The second kappa shape index (κ2) is 4.75. The van der Waals surface area contributed by atoms with Crippen molar-refractivity contribution in [3.63, 3.8) is 0 Å². The third-order valence-electron chi connectivity index (χ3n) is 2.53. The highest BCUT2D eigenvalue weighted by molar-refractivity contribution is 7.27. The van der Waals surface area contributed by atoms with Crippen LogP contribution in [0.25, 0.3) is 0 Å². The molecule has 0 radical (unpaired) electrons. The fourth-order valence-corrected chi connectivity index (χ4v) is 7.43. The largest absolute Gasteiger partial charge is 0.410 e. The maximum Gasteiger partial charge on any atom is 0.341 e. The Hall–Kier alpha value is -1.21. The minimum Gasteiger partial charge on any atom is -0.410 e. The molecule has 0 aromatic heterocycles. The van der Waals surface area contributed by atoms with Crippen molar-refractivity contribution < 1.29 is 9.59 Å². The number of hydrogen-bond donors (Lipinski definition) is 2. The van der Waals surface area contributed by atoms with Crippen molar-refractivity contribution in [2.75, 3.05) is 0 Å². The van der Waals surface area contributed by atoms with Crippen molar-refractivity contribution in [1.29, 1.82) is 0 Å². The van der Waals surface area contributed by atoms with Gasteiger partial charge in [0.2, 0.25) is 0 Å². The van der Waals surface area contributed by atoms with Gasteiger partial charge in [-0.3, -0.25) is 0 Å². The maximum absolute atomic E-state index is 10.2. The summed E-state index contributed by atoms with van der Waals surface area (Å²) in [5, 5.41) is 1.81. The van der Waals surface area contributed by atoms with Crippen molar-refractivity contribution in [1.82, 2.24) is 0 Å². The fourth-order valence-electron chi connectivity index (χ4n) is 1.69. The van der Waals surface area contributed by atoms with Gasteiger partial charge in [-0.05, 0) is 5.19 Å². The first-order valence-corrected chi connectivity index (χ1v) is 10.2. The summed E-state index contributed by atoms with van der Waals surface area (Å²) < 4.78 is 0. The Balaban J connectivity index is 2.21. The molecule has 0 spiro atoms. The summed E-state index contributed by atoms with van der Waals surface area (Å²) in [7, 11) is -4.21. The molecule has 0 bridgehead atoms. The Kier molecular flexibility index (Phi) is 3.35. The van der Waals surface area contributed by atoms with Gasteiger partial charge in [0.1, 0.15) is 9.04 Å². The molecule has 0 aliphatic carbocycles. The monoisotopic (exact) mass is 246 g/mol. The van der Waals surface area contributed by atoms with Gasteiger partial charge in [-0.15, -0.1) is 0 Å². The summed E-state index contributed by atoms with van der Waals surface area (Å²) in [6.45, 7) is 0. The van der Waals surface area contributed by atoms with Gasteiger partial charge < -0.3 is 9.59 Å². The van der Waals surface area contributed by atoms with Crippen LogP contribution in [0.2, 0.25) is 0 Å². The van der Waals surface area contributed by atoms with Crippen molar-refractivity contribution in [2.24, 2.45) is 0 Å². The summed E-state index contributed by atoms with van der Waals surface area (Å²) in [4.78, 5) is 20.4. The first kappa shape index (κ1) is 11.3. The van der Waals surface area contributed by atoms with Crippen LogP contribution < -0.4 is 10.4 Å². The Labute approximate surface area is 98.1 Å². The smallest absolute Gasteiger partial charge is 0.341 e. The maximum atomic E-state index is 10.2. The molecule has 2 N–H and O–H groups in total. The standard InChI is InChI=1S/C12H14O2Si2/c13-16(14,12-9-5-2-6-10-12)15-11-7-3-1-4-8-11/h1-10,13-14H,15H2. The minimum absolute atomic E-state index is 0.713. The highest BCUT2D eigenvalue weighted by Crippen LogP contribution is 1.95. The molecular formula is C12H14O2Si2. The molecule has 0 unspecified atom stereocenters. The molecular weight excluding hydrogens is 232 g/mol. The molecule has 82 valence electrons. The van der Waals surface area contributed by atoms with E-state index in [2.05, 4.69) is 0 Å². The van der Waals surface area contributed by atoms with E-state index < -0.39 is 17.1 Å². The SMILES string of the molecule is O[Si](O)([SiH2]c1ccccc1)c1ccccc1. The summed E-state index contributed by atoms with van der Waals surface area (Å²) in [6, 6.07) is 19.0. The van der Waals surface area contributed by atoms with Crippen LogP contribution in [0.5, 0.6) is 0 Å². The van der Waals surface area contributed by atoms with E-state index in [0.717, 1.165) is 5.19 Å². The molecule has 0 saturated heterocycles. The van der Waals surface area contributed by atoms with Gasteiger partial charge in [0, 0.05) is 0 Å². The van der Waals surface area contributed by atoms with Gasteiger partial charge in [0.25, 0.3) is 0 Å². The molecule has 2 nitrogen and oxygen atoms in total. The number of hydrogen-bond acceptors (Lipinski definition) is 2. The third-order valence-corrected chi connectivity index (χ3v) is 9.09. The Morgan fingerprint density at radius 3 is 1.81 bits per heavy atom. The summed E-state index contributed by atoms with van der Waals surface area (Å²) >= 11 is 0. The van der Waals surface area contributed by atoms with Gasteiger partial charge in [0.05, 0.1) is 0 Å². The lowest BCUT2D eigenvalue weighted by Gasteiger charge is -2.17. The summed E-state index contributed by atoms with van der Waals surface area (Å²) in [5.41, 5.74) is 0. The van der Waals surface area contributed by atoms with Crippen LogP contribution in [-0.2, 0) is 0 Å². The zero-order chi connectivity index (χ0) is 11.4. The quantitative estimate of drug-likeness (QED) is 0.704. The number of benzene rings is 2. The minimum atomic E-state index is -3.18. The molecule has 0 saturated carbocycles. The summed E-state index contributed by atoms with van der Waals surface area (Å²) in [5.74, 6) is 0. The van der Waals surface area contributed by atoms with Crippen molar-refractivity contribution >= 4 is 27.5 Å². The zero-order valence-corrected chi connectivity index (χ0v) is 11.3. The van der Waals surface area contributed by atoms with Crippen LogP contribution in [0, 0.1) is 0 Å². The lowest BCUT2D eigenvalue weighted by atomic mass is 10.4. The van der Waals surface area contributed by atoms with Gasteiger partial charge in [-0.25, -0.2) is 0 Å². The molecule has 2 rings (SSSR count). The van der Waals surface area contributed by atoms with Crippen LogP contribution in [0.4, 0.5) is 0 Å². The normalized spacial score (nSPS) is 12.1. The molecule has 2 aromatic carbocycles. The topological polar surface area (TPSA) is 40.5 Å². The van der Waals surface area contributed by atoms with E-state index >= 15 is 0 Å². The summed E-state index contributed by atoms with van der Waals surface area (Å²) in [6.07, 6.45) is 0. The molecule has 0 aliphatic heterocycles. The van der Waals surface area contributed by atoms with Crippen LogP contribution >= 0.6 is 0 Å². The van der Waals surface area contributed by atoms with Gasteiger partial charge in [-0.2, -0.15) is 0 Å². The average molecular weight is 246 g/mol. The molecule has 0 heterocycles. The van der Waals surface area contributed by atoms with Crippen LogP contribution in [0.3, 0.4) is 0 Å². The van der Waals surface area contributed by atoms with E-state index in [4.69, 9.17) is 0 Å². The van der Waals surface area contributed by atoms with E-state index in [1.54, 1.807) is 0 Å². The van der Waals surface area contributed by atoms with E-state index in [9.17, 15) is 9.59 Å². The van der Waals surface area contributed by atoms with Gasteiger partial charge in [0.15, 0.2) is 0 Å². The number of rotatable bonds is 3. The fraction of sp³-hybridized carbons (Fsp3) is 0. The second-order valence-electron chi connectivity index (χ2n) is 3.85. The van der Waals surface area contributed by atoms with Crippen LogP contribution in [0.15, 0.2) is 60.7 Å². The molecule has 16 heavy (non-hydrogen) atoms. The van der Waals surface area contributed by atoms with Crippen LogP contribution in [-0.4, -0.2) is 26.7 Å². The molecule has 4 heteroatoms. The highest BCUT2D eigenvalue weighted by Gasteiger charge is 2.31. The van der Waals surface area contributed by atoms with Crippen molar-refractivity contribution in [3.8, 4) is 0 Å². The lowest BCUT2D eigenvalue weighted by molar-refractivity contribution is 0.411. The zero-order valence-electron chi connectivity index (χ0n) is 8.88. The first-order valence-electron chi connectivity index (χ1n) is 5.23.